The average molecular weight is 380 g/mol. The second-order valence-electron chi connectivity index (χ2n) is 6.19. The van der Waals surface area contributed by atoms with E-state index in [0.29, 0.717) is 31.1 Å². The zero-order chi connectivity index (χ0) is 17.9. The molecule has 134 valence electrons. The molecule has 6 nitrogen and oxygen atoms in total. The van der Waals surface area contributed by atoms with Crippen molar-refractivity contribution in [2.24, 2.45) is 0 Å². The zero-order valence-corrected chi connectivity index (χ0v) is 15.6. The standard InChI is InChI=1S/C17H21N3O3S2/c1-13-11-18-16(24-13)19-17(21)20-9-7-15(8-10-20)25(22,23)12-14-5-3-2-4-6-14/h2-6,11,15H,7-10,12H2,1H3,(H,18,19,21). The van der Waals surface area contributed by atoms with Crippen molar-refractivity contribution in [3.8, 4) is 0 Å². The first-order valence-corrected chi connectivity index (χ1v) is 10.7. The molecule has 0 saturated carbocycles. The topological polar surface area (TPSA) is 79.4 Å². The van der Waals surface area contributed by atoms with E-state index in [4.69, 9.17) is 0 Å². The molecule has 0 radical (unpaired) electrons. The number of urea groups is 1. The van der Waals surface area contributed by atoms with Crippen LogP contribution in [-0.2, 0) is 15.6 Å². The number of nitrogens with one attached hydrogen (secondary N) is 1. The molecule has 1 fully saturated rings. The maximum absolute atomic E-state index is 12.6. The van der Waals surface area contributed by atoms with Gasteiger partial charge in [0.1, 0.15) is 0 Å². The number of amides is 2. The predicted octanol–water partition coefficient (Wildman–Crippen LogP) is 3.06. The van der Waals surface area contributed by atoms with Gasteiger partial charge in [-0.2, -0.15) is 0 Å². The number of aromatic nitrogens is 1. The van der Waals surface area contributed by atoms with Crippen LogP contribution >= 0.6 is 11.3 Å². The average Bonchev–Trinajstić information content (AvgIpc) is 3.00. The highest BCUT2D eigenvalue weighted by atomic mass is 32.2. The second kappa shape index (κ2) is 7.53. The van der Waals surface area contributed by atoms with Crippen molar-refractivity contribution < 1.29 is 13.2 Å². The van der Waals surface area contributed by atoms with Crippen LogP contribution in [0, 0.1) is 6.92 Å². The third-order valence-corrected chi connectivity index (χ3v) is 7.33. The molecule has 3 rings (SSSR count). The largest absolute Gasteiger partial charge is 0.324 e. The number of hydrogen-bond donors (Lipinski definition) is 1. The molecular weight excluding hydrogens is 358 g/mol. The molecule has 0 bridgehead atoms. The van der Waals surface area contributed by atoms with Gasteiger partial charge in [-0.15, -0.1) is 11.3 Å². The summed E-state index contributed by atoms with van der Waals surface area (Å²) in [5.74, 6) is 0.0586. The van der Waals surface area contributed by atoms with Crippen LogP contribution in [0.2, 0.25) is 0 Å². The van der Waals surface area contributed by atoms with Crippen LogP contribution in [0.5, 0.6) is 0 Å². The smallest absolute Gasteiger partial charge is 0.323 e. The van der Waals surface area contributed by atoms with Crippen molar-refractivity contribution in [2.75, 3.05) is 18.4 Å². The summed E-state index contributed by atoms with van der Waals surface area (Å²) in [5.41, 5.74) is 0.807. The first-order chi connectivity index (χ1) is 11.9. The molecule has 25 heavy (non-hydrogen) atoms. The summed E-state index contributed by atoms with van der Waals surface area (Å²) in [6.45, 7) is 2.81. The Balaban J connectivity index is 1.55. The summed E-state index contributed by atoms with van der Waals surface area (Å²) < 4.78 is 25.2. The van der Waals surface area contributed by atoms with Gasteiger partial charge in [0.2, 0.25) is 0 Å². The molecule has 0 atom stereocenters. The van der Waals surface area contributed by atoms with Crippen molar-refractivity contribution in [3.63, 3.8) is 0 Å². The highest BCUT2D eigenvalue weighted by Crippen LogP contribution is 2.23. The van der Waals surface area contributed by atoms with Crippen LogP contribution in [0.4, 0.5) is 9.93 Å². The summed E-state index contributed by atoms with van der Waals surface area (Å²) >= 11 is 1.42. The maximum Gasteiger partial charge on any atom is 0.323 e. The highest BCUT2D eigenvalue weighted by molar-refractivity contribution is 7.91. The second-order valence-corrected chi connectivity index (χ2v) is 9.70. The molecular formula is C17H21N3O3S2. The minimum Gasteiger partial charge on any atom is -0.324 e. The zero-order valence-electron chi connectivity index (χ0n) is 14.0. The Hall–Kier alpha value is -1.93. The number of anilines is 1. The van der Waals surface area contributed by atoms with E-state index < -0.39 is 9.84 Å². The van der Waals surface area contributed by atoms with E-state index in [2.05, 4.69) is 10.3 Å². The molecule has 1 aromatic heterocycles. The number of carbonyl (C=O) groups is 1. The van der Waals surface area contributed by atoms with Gasteiger partial charge in [-0.3, -0.25) is 5.32 Å². The van der Waals surface area contributed by atoms with Crippen molar-refractivity contribution in [1.29, 1.82) is 0 Å². The van der Waals surface area contributed by atoms with Crippen LogP contribution in [-0.4, -0.2) is 42.7 Å². The monoisotopic (exact) mass is 379 g/mol. The van der Waals surface area contributed by atoms with E-state index in [1.807, 2.05) is 37.3 Å². The molecule has 8 heteroatoms. The fourth-order valence-electron chi connectivity index (χ4n) is 2.93. The van der Waals surface area contributed by atoms with Crippen molar-refractivity contribution >= 4 is 32.3 Å². The number of sulfone groups is 1. The summed E-state index contributed by atoms with van der Waals surface area (Å²) in [6, 6.07) is 9.01. The van der Waals surface area contributed by atoms with Gasteiger partial charge in [0, 0.05) is 24.2 Å². The molecule has 1 saturated heterocycles. The van der Waals surface area contributed by atoms with Crippen LogP contribution < -0.4 is 5.32 Å². The number of hydrogen-bond acceptors (Lipinski definition) is 5. The van der Waals surface area contributed by atoms with E-state index in [1.54, 1.807) is 11.1 Å². The minimum absolute atomic E-state index is 0.0586. The molecule has 1 aliphatic heterocycles. The molecule has 1 aromatic carbocycles. The Morgan fingerprint density at radius 2 is 1.96 bits per heavy atom. The molecule has 0 unspecified atom stereocenters. The van der Waals surface area contributed by atoms with E-state index in [0.717, 1.165) is 10.4 Å². The summed E-state index contributed by atoms with van der Waals surface area (Å²) in [7, 11) is -3.21. The van der Waals surface area contributed by atoms with Crippen LogP contribution in [0.1, 0.15) is 23.3 Å². The number of thiazole rings is 1. The van der Waals surface area contributed by atoms with Crippen LogP contribution in [0.15, 0.2) is 36.5 Å². The van der Waals surface area contributed by atoms with Gasteiger partial charge in [-0.05, 0) is 25.3 Å². The van der Waals surface area contributed by atoms with Crippen molar-refractivity contribution in [2.45, 2.75) is 30.8 Å². The first-order valence-electron chi connectivity index (χ1n) is 8.18. The summed E-state index contributed by atoms with van der Waals surface area (Å²) in [5, 5.41) is 2.95. The Kier molecular flexibility index (Phi) is 5.39. The molecule has 2 heterocycles. The summed E-state index contributed by atoms with van der Waals surface area (Å²) in [6.07, 6.45) is 2.65. The number of likely N-dealkylation sites (tertiary alicyclic amines) is 1. The van der Waals surface area contributed by atoms with Crippen LogP contribution in [0.3, 0.4) is 0 Å². The van der Waals surface area contributed by atoms with E-state index in [1.165, 1.54) is 11.3 Å². The molecule has 2 amide bonds. The van der Waals surface area contributed by atoms with Gasteiger partial charge in [0.15, 0.2) is 15.0 Å². The fourth-order valence-corrected chi connectivity index (χ4v) is 5.40. The molecule has 0 spiro atoms. The van der Waals surface area contributed by atoms with Gasteiger partial charge in [0.05, 0.1) is 11.0 Å². The minimum atomic E-state index is -3.21. The molecule has 1 aliphatic rings. The number of carbonyl (C=O) groups excluding carboxylic acids is 1. The Morgan fingerprint density at radius 3 is 2.56 bits per heavy atom. The highest BCUT2D eigenvalue weighted by Gasteiger charge is 2.31. The van der Waals surface area contributed by atoms with E-state index >= 15 is 0 Å². The quantitative estimate of drug-likeness (QED) is 0.885. The SMILES string of the molecule is Cc1cnc(NC(=O)N2CCC(S(=O)(=O)Cc3ccccc3)CC2)s1. The van der Waals surface area contributed by atoms with Gasteiger partial charge >= 0.3 is 6.03 Å². The predicted molar refractivity (Wildman–Crippen MR) is 99.5 cm³/mol. The lowest BCUT2D eigenvalue weighted by Crippen LogP contribution is -2.44. The number of piperidine rings is 1. The lowest BCUT2D eigenvalue weighted by Gasteiger charge is -2.31. The van der Waals surface area contributed by atoms with Gasteiger partial charge in [-0.25, -0.2) is 18.2 Å². The number of benzene rings is 1. The third-order valence-electron chi connectivity index (χ3n) is 4.28. The number of nitrogens with zero attached hydrogens (tertiary/aromatic N) is 2. The third kappa shape index (κ3) is 4.58. The van der Waals surface area contributed by atoms with Crippen molar-refractivity contribution in [1.82, 2.24) is 9.88 Å². The number of rotatable bonds is 4. The van der Waals surface area contributed by atoms with Gasteiger partial charge in [0.25, 0.3) is 0 Å². The first kappa shape index (κ1) is 17.9. The van der Waals surface area contributed by atoms with E-state index in [9.17, 15) is 13.2 Å². The Morgan fingerprint density at radius 1 is 1.28 bits per heavy atom. The van der Waals surface area contributed by atoms with Gasteiger partial charge in [-0.1, -0.05) is 30.3 Å². The molecule has 2 aromatic rings. The maximum atomic E-state index is 12.6. The fraction of sp³-hybridized carbons (Fsp3) is 0.412. The van der Waals surface area contributed by atoms with E-state index in [-0.39, 0.29) is 17.0 Å². The van der Waals surface area contributed by atoms with Gasteiger partial charge < -0.3 is 4.90 Å². The van der Waals surface area contributed by atoms with Crippen LogP contribution in [0.25, 0.3) is 0 Å². The molecule has 0 aliphatic carbocycles. The summed E-state index contributed by atoms with van der Waals surface area (Å²) in [4.78, 5) is 19.1. The lowest BCUT2D eigenvalue weighted by molar-refractivity contribution is 0.200. The normalized spacial score (nSPS) is 16.0. The number of aryl methyl sites for hydroxylation is 1. The van der Waals surface area contributed by atoms with Crippen molar-refractivity contribution in [3.05, 3.63) is 47.0 Å². The molecule has 1 N–H and O–H groups in total. The Bertz CT molecular complexity index is 826. The Labute approximate surface area is 151 Å². The lowest BCUT2D eigenvalue weighted by atomic mass is 10.1.